The first-order chi connectivity index (χ1) is 12.7. The topological polar surface area (TPSA) is 60.3 Å². The summed E-state index contributed by atoms with van der Waals surface area (Å²) in [5, 5.41) is 11.4. The molecule has 142 valence electrons. The van der Waals surface area contributed by atoms with Gasteiger partial charge in [0.1, 0.15) is 0 Å². The van der Waals surface area contributed by atoms with Gasteiger partial charge in [0.05, 0.1) is 31.6 Å². The molecule has 2 rings (SSSR count). The minimum atomic E-state index is 0.599. The number of unbranched alkanes of at least 4 members (excludes halogenated alkanes) is 1. The van der Waals surface area contributed by atoms with Gasteiger partial charge in [-0.15, -0.1) is 0 Å². The van der Waals surface area contributed by atoms with E-state index in [2.05, 4.69) is 22.7 Å². The van der Waals surface area contributed by atoms with Crippen molar-refractivity contribution in [3.8, 4) is 11.5 Å². The molecule has 6 nitrogen and oxygen atoms in total. The van der Waals surface area contributed by atoms with Crippen molar-refractivity contribution in [3.63, 3.8) is 0 Å². The number of anilines is 1. The van der Waals surface area contributed by atoms with Gasteiger partial charge in [0.15, 0.2) is 16.6 Å². The Balaban J connectivity index is 1.97. The van der Waals surface area contributed by atoms with Crippen LogP contribution in [0.15, 0.2) is 30.6 Å². The Morgan fingerprint density at radius 2 is 1.92 bits per heavy atom. The van der Waals surface area contributed by atoms with Crippen molar-refractivity contribution in [3.05, 3.63) is 36.2 Å². The molecule has 0 fully saturated rings. The van der Waals surface area contributed by atoms with Crippen molar-refractivity contribution in [2.45, 2.75) is 40.2 Å². The van der Waals surface area contributed by atoms with E-state index >= 15 is 0 Å². The summed E-state index contributed by atoms with van der Waals surface area (Å²) in [6.45, 7) is 8.81. The minimum Gasteiger partial charge on any atom is -0.490 e. The van der Waals surface area contributed by atoms with Crippen LogP contribution in [0, 0.1) is 0 Å². The second-order valence-corrected chi connectivity index (χ2v) is 6.22. The number of aromatic nitrogens is 2. The van der Waals surface area contributed by atoms with E-state index in [1.807, 2.05) is 42.9 Å². The van der Waals surface area contributed by atoms with Gasteiger partial charge in [-0.05, 0) is 50.2 Å². The zero-order valence-electron chi connectivity index (χ0n) is 15.7. The molecule has 2 N–H and O–H groups in total. The Labute approximate surface area is 160 Å². The third-order valence-electron chi connectivity index (χ3n) is 3.66. The SMILES string of the molecule is CCCCNC(=S)Nc1cnn(Cc2ccc(OCC)c(OCC)c2)c1. The van der Waals surface area contributed by atoms with Crippen molar-refractivity contribution in [2.24, 2.45) is 0 Å². The van der Waals surface area contributed by atoms with Crippen LogP contribution in [0.5, 0.6) is 11.5 Å². The maximum absolute atomic E-state index is 5.68. The molecule has 1 aromatic heterocycles. The highest BCUT2D eigenvalue weighted by Crippen LogP contribution is 2.28. The number of hydrogen-bond acceptors (Lipinski definition) is 4. The van der Waals surface area contributed by atoms with E-state index in [9.17, 15) is 0 Å². The smallest absolute Gasteiger partial charge is 0.170 e. The van der Waals surface area contributed by atoms with Crippen LogP contribution in [0.4, 0.5) is 5.69 Å². The van der Waals surface area contributed by atoms with Crippen LogP contribution in [0.3, 0.4) is 0 Å². The predicted octanol–water partition coefficient (Wildman–Crippen LogP) is 3.82. The summed E-state index contributed by atoms with van der Waals surface area (Å²) in [5.41, 5.74) is 1.96. The van der Waals surface area contributed by atoms with Gasteiger partial charge in [-0.3, -0.25) is 4.68 Å². The zero-order valence-corrected chi connectivity index (χ0v) is 16.6. The number of nitrogens with zero attached hydrogens (tertiary/aromatic N) is 2. The van der Waals surface area contributed by atoms with Crippen LogP contribution in [-0.4, -0.2) is 34.7 Å². The maximum atomic E-state index is 5.68. The molecule has 0 saturated carbocycles. The number of nitrogens with one attached hydrogen (secondary N) is 2. The molecule has 1 heterocycles. The number of rotatable bonds is 10. The maximum Gasteiger partial charge on any atom is 0.170 e. The van der Waals surface area contributed by atoms with Crippen molar-refractivity contribution in [1.82, 2.24) is 15.1 Å². The molecule has 0 amide bonds. The van der Waals surface area contributed by atoms with E-state index in [1.165, 1.54) is 0 Å². The Morgan fingerprint density at radius 1 is 1.15 bits per heavy atom. The second-order valence-electron chi connectivity index (χ2n) is 5.81. The van der Waals surface area contributed by atoms with Gasteiger partial charge in [0.2, 0.25) is 0 Å². The average Bonchev–Trinajstić information content (AvgIpc) is 3.04. The highest BCUT2D eigenvalue weighted by molar-refractivity contribution is 7.80. The first-order valence-corrected chi connectivity index (χ1v) is 9.52. The molecule has 0 aliphatic rings. The largest absolute Gasteiger partial charge is 0.490 e. The van der Waals surface area contributed by atoms with Crippen molar-refractivity contribution < 1.29 is 9.47 Å². The molecule has 0 radical (unpaired) electrons. The van der Waals surface area contributed by atoms with E-state index in [1.54, 1.807) is 6.20 Å². The monoisotopic (exact) mass is 376 g/mol. The molecule has 26 heavy (non-hydrogen) atoms. The molecule has 0 aliphatic heterocycles. The molecule has 0 saturated heterocycles. The van der Waals surface area contributed by atoms with E-state index in [-0.39, 0.29) is 0 Å². The molecule has 0 unspecified atom stereocenters. The first kappa shape index (κ1) is 20.0. The fraction of sp³-hybridized carbons (Fsp3) is 0.474. The quantitative estimate of drug-likeness (QED) is 0.486. The molecule has 0 spiro atoms. The molecule has 0 atom stereocenters. The minimum absolute atomic E-state index is 0.599. The summed E-state index contributed by atoms with van der Waals surface area (Å²) < 4.78 is 13.1. The number of hydrogen-bond donors (Lipinski definition) is 2. The van der Waals surface area contributed by atoms with Gasteiger partial charge in [-0.1, -0.05) is 19.4 Å². The molecule has 7 heteroatoms. The fourth-order valence-corrected chi connectivity index (χ4v) is 2.67. The van der Waals surface area contributed by atoms with Crippen LogP contribution in [0.2, 0.25) is 0 Å². The van der Waals surface area contributed by atoms with E-state index in [0.717, 1.165) is 42.1 Å². The van der Waals surface area contributed by atoms with Gasteiger partial charge in [-0.25, -0.2) is 0 Å². The molecular formula is C19H28N4O2S. The van der Waals surface area contributed by atoms with Gasteiger partial charge in [0, 0.05) is 12.7 Å². The highest BCUT2D eigenvalue weighted by Gasteiger charge is 2.08. The molecule has 2 aromatic rings. The van der Waals surface area contributed by atoms with E-state index < -0.39 is 0 Å². The van der Waals surface area contributed by atoms with E-state index in [4.69, 9.17) is 21.7 Å². The lowest BCUT2D eigenvalue weighted by Gasteiger charge is -2.12. The van der Waals surface area contributed by atoms with Crippen LogP contribution in [0.1, 0.15) is 39.2 Å². The van der Waals surface area contributed by atoms with Crippen LogP contribution in [0.25, 0.3) is 0 Å². The number of thiocarbonyl (C=S) groups is 1. The molecular weight excluding hydrogens is 348 g/mol. The predicted molar refractivity (Wildman–Crippen MR) is 109 cm³/mol. The summed E-state index contributed by atoms with van der Waals surface area (Å²) in [6, 6.07) is 5.97. The highest BCUT2D eigenvalue weighted by atomic mass is 32.1. The second kappa shape index (κ2) is 10.7. The van der Waals surface area contributed by atoms with Gasteiger partial charge < -0.3 is 20.1 Å². The summed E-state index contributed by atoms with van der Waals surface area (Å²) in [6.07, 6.45) is 5.94. The Morgan fingerprint density at radius 3 is 2.65 bits per heavy atom. The van der Waals surface area contributed by atoms with Crippen molar-refractivity contribution in [2.75, 3.05) is 25.1 Å². The van der Waals surface area contributed by atoms with Gasteiger partial charge >= 0.3 is 0 Å². The summed E-state index contributed by atoms with van der Waals surface area (Å²) >= 11 is 5.28. The Hall–Kier alpha value is -2.28. The van der Waals surface area contributed by atoms with Crippen LogP contribution in [-0.2, 0) is 6.54 Å². The van der Waals surface area contributed by atoms with Gasteiger partial charge in [0.25, 0.3) is 0 Å². The summed E-state index contributed by atoms with van der Waals surface area (Å²) in [4.78, 5) is 0. The Bertz CT molecular complexity index is 703. The molecule has 0 bridgehead atoms. The first-order valence-electron chi connectivity index (χ1n) is 9.12. The number of benzene rings is 1. The third-order valence-corrected chi connectivity index (χ3v) is 3.91. The van der Waals surface area contributed by atoms with Crippen molar-refractivity contribution >= 4 is 23.0 Å². The van der Waals surface area contributed by atoms with Crippen LogP contribution < -0.4 is 20.1 Å². The molecule has 1 aromatic carbocycles. The third kappa shape index (κ3) is 6.22. The lowest BCUT2D eigenvalue weighted by Crippen LogP contribution is -2.28. The lowest BCUT2D eigenvalue weighted by atomic mass is 10.2. The Kier molecular flexibility index (Phi) is 8.21. The summed E-state index contributed by atoms with van der Waals surface area (Å²) in [5.74, 6) is 1.53. The summed E-state index contributed by atoms with van der Waals surface area (Å²) in [7, 11) is 0. The lowest BCUT2D eigenvalue weighted by molar-refractivity contribution is 0.287. The molecule has 0 aliphatic carbocycles. The van der Waals surface area contributed by atoms with Gasteiger partial charge in [-0.2, -0.15) is 5.10 Å². The van der Waals surface area contributed by atoms with Crippen molar-refractivity contribution in [1.29, 1.82) is 0 Å². The number of ether oxygens (including phenoxy) is 2. The normalized spacial score (nSPS) is 10.4. The standard InChI is InChI=1S/C19H28N4O2S/c1-4-7-10-20-19(26)22-16-12-21-23(14-16)13-15-8-9-17(24-5-2)18(11-15)25-6-3/h8-9,11-12,14H,4-7,10,13H2,1-3H3,(H2,20,22,26). The average molecular weight is 377 g/mol. The van der Waals surface area contributed by atoms with E-state index in [0.29, 0.717) is 24.9 Å². The zero-order chi connectivity index (χ0) is 18.8. The fourth-order valence-electron chi connectivity index (χ4n) is 2.45. The van der Waals surface area contributed by atoms with Crippen LogP contribution >= 0.6 is 12.2 Å².